The predicted molar refractivity (Wildman–Crippen MR) is 69.1 cm³/mol. The number of aryl methyl sites for hydroxylation is 1. The van der Waals surface area contributed by atoms with E-state index in [9.17, 15) is 4.79 Å². The Morgan fingerprint density at radius 3 is 3.06 bits per heavy atom. The maximum absolute atomic E-state index is 11.1. The number of hydrogen-bond acceptors (Lipinski definition) is 1. The summed E-state index contributed by atoms with van der Waals surface area (Å²) in [4.78, 5) is 11.1. The summed E-state index contributed by atoms with van der Waals surface area (Å²) in [5.41, 5.74) is 2.36. The van der Waals surface area contributed by atoms with Gasteiger partial charge in [-0.2, -0.15) is 0 Å². The average molecular weight is 294 g/mol. The van der Waals surface area contributed by atoms with Crippen LogP contribution in [0.4, 0.5) is 0 Å². The Kier molecular flexibility index (Phi) is 2.47. The van der Waals surface area contributed by atoms with E-state index in [1.165, 1.54) is 11.1 Å². The Morgan fingerprint density at radius 1 is 1.47 bits per heavy atom. The van der Waals surface area contributed by atoms with Gasteiger partial charge in [0.1, 0.15) is 0 Å². The van der Waals surface area contributed by atoms with Crippen LogP contribution in [0.1, 0.15) is 12.1 Å². The standard InChI is InChI=1S/C13H12BrNO2/c14-11-3-1-2-8-6-10-5-4-9(13(16)17)7-15(10)12(8)11/h1-3,6,9H,4-5,7H2,(H,16,17). The van der Waals surface area contributed by atoms with Crippen LogP contribution >= 0.6 is 15.9 Å². The molecule has 2 heterocycles. The first kappa shape index (κ1) is 10.8. The summed E-state index contributed by atoms with van der Waals surface area (Å²) in [6, 6.07) is 8.24. The molecule has 88 valence electrons. The number of fused-ring (bicyclic) bond motifs is 3. The smallest absolute Gasteiger partial charge is 0.308 e. The van der Waals surface area contributed by atoms with Gasteiger partial charge in [-0.25, -0.2) is 0 Å². The van der Waals surface area contributed by atoms with Crippen molar-refractivity contribution in [3.8, 4) is 0 Å². The number of carbonyl (C=O) groups is 1. The molecule has 0 saturated heterocycles. The third-order valence-corrected chi connectivity index (χ3v) is 4.10. The molecule has 4 heteroatoms. The molecule has 1 unspecified atom stereocenters. The molecule has 0 amide bonds. The van der Waals surface area contributed by atoms with Crippen molar-refractivity contribution >= 4 is 32.8 Å². The van der Waals surface area contributed by atoms with Crippen molar-refractivity contribution in [3.05, 3.63) is 34.4 Å². The summed E-state index contributed by atoms with van der Waals surface area (Å²) in [6.45, 7) is 0.580. The predicted octanol–water partition coefficient (Wildman–Crippen LogP) is 3.05. The van der Waals surface area contributed by atoms with E-state index >= 15 is 0 Å². The zero-order chi connectivity index (χ0) is 12.0. The SMILES string of the molecule is O=C(O)C1CCc2cc3cccc(Br)c3n2C1. The summed E-state index contributed by atoms with van der Waals surface area (Å²) in [5.74, 6) is -0.949. The highest BCUT2D eigenvalue weighted by Crippen LogP contribution is 2.32. The van der Waals surface area contributed by atoms with E-state index in [0.29, 0.717) is 6.54 Å². The molecule has 3 rings (SSSR count). The van der Waals surface area contributed by atoms with Crippen LogP contribution in [0.25, 0.3) is 10.9 Å². The molecule has 0 spiro atoms. The van der Waals surface area contributed by atoms with Gasteiger partial charge in [-0.1, -0.05) is 12.1 Å². The van der Waals surface area contributed by atoms with Crippen LogP contribution in [0.5, 0.6) is 0 Å². The number of aliphatic carboxylic acids is 1. The third kappa shape index (κ3) is 1.67. The second-order valence-electron chi connectivity index (χ2n) is 4.50. The maximum atomic E-state index is 11.1. The number of carboxylic acid groups (broad SMARTS) is 1. The number of carboxylic acids is 1. The minimum atomic E-state index is -0.690. The van der Waals surface area contributed by atoms with Crippen molar-refractivity contribution < 1.29 is 9.90 Å². The van der Waals surface area contributed by atoms with Gasteiger partial charge < -0.3 is 9.67 Å². The quantitative estimate of drug-likeness (QED) is 0.878. The Bertz CT molecular complexity index is 603. The second kappa shape index (κ2) is 3.88. The highest BCUT2D eigenvalue weighted by atomic mass is 79.9. The minimum absolute atomic E-state index is 0.259. The van der Waals surface area contributed by atoms with E-state index in [2.05, 4.69) is 32.6 Å². The molecule has 1 aliphatic rings. The number of hydrogen-bond donors (Lipinski definition) is 1. The van der Waals surface area contributed by atoms with Crippen molar-refractivity contribution in [1.82, 2.24) is 4.57 Å². The largest absolute Gasteiger partial charge is 0.481 e. The van der Waals surface area contributed by atoms with Crippen molar-refractivity contribution in [2.24, 2.45) is 5.92 Å². The van der Waals surface area contributed by atoms with Crippen LogP contribution in [0, 0.1) is 5.92 Å². The van der Waals surface area contributed by atoms with Gasteiger partial charge >= 0.3 is 5.97 Å². The van der Waals surface area contributed by atoms with Crippen molar-refractivity contribution in [2.45, 2.75) is 19.4 Å². The maximum Gasteiger partial charge on any atom is 0.308 e. The molecule has 1 aliphatic heterocycles. The summed E-state index contributed by atoms with van der Waals surface area (Å²) in [7, 11) is 0. The monoisotopic (exact) mass is 293 g/mol. The Balaban J connectivity index is 2.17. The lowest BCUT2D eigenvalue weighted by Crippen LogP contribution is -2.26. The second-order valence-corrected chi connectivity index (χ2v) is 5.35. The van der Waals surface area contributed by atoms with Crippen LogP contribution < -0.4 is 0 Å². The number of nitrogens with zero attached hydrogens (tertiary/aromatic N) is 1. The Labute approximate surface area is 107 Å². The number of para-hydroxylation sites is 1. The summed E-state index contributed by atoms with van der Waals surface area (Å²) >= 11 is 3.54. The summed E-state index contributed by atoms with van der Waals surface area (Å²) in [6.07, 6.45) is 1.58. The van der Waals surface area contributed by atoms with E-state index in [1.807, 2.05) is 12.1 Å². The molecule has 2 aromatic rings. The molecule has 1 atom stereocenters. The van der Waals surface area contributed by atoms with Gasteiger partial charge in [0, 0.05) is 22.1 Å². The molecule has 1 N–H and O–H groups in total. The number of rotatable bonds is 1. The summed E-state index contributed by atoms with van der Waals surface area (Å²) < 4.78 is 3.18. The van der Waals surface area contributed by atoms with E-state index < -0.39 is 5.97 Å². The first-order chi connectivity index (χ1) is 8.16. The van der Waals surface area contributed by atoms with E-state index in [-0.39, 0.29) is 5.92 Å². The fourth-order valence-electron chi connectivity index (χ4n) is 2.59. The molecule has 17 heavy (non-hydrogen) atoms. The van der Waals surface area contributed by atoms with Gasteiger partial charge in [-0.3, -0.25) is 4.79 Å². The summed E-state index contributed by atoms with van der Waals surface area (Å²) in [5, 5.41) is 10.3. The molecule has 0 radical (unpaired) electrons. The number of aromatic nitrogens is 1. The highest BCUT2D eigenvalue weighted by Gasteiger charge is 2.25. The molecular formula is C13H12BrNO2. The number of benzene rings is 1. The van der Waals surface area contributed by atoms with Crippen LogP contribution in [0.15, 0.2) is 28.7 Å². The topological polar surface area (TPSA) is 42.2 Å². The lowest BCUT2D eigenvalue weighted by atomic mass is 9.98. The van der Waals surface area contributed by atoms with Crippen LogP contribution in [-0.2, 0) is 17.8 Å². The molecule has 0 aliphatic carbocycles. The Hall–Kier alpha value is -1.29. The van der Waals surface area contributed by atoms with Gasteiger partial charge in [0.15, 0.2) is 0 Å². The van der Waals surface area contributed by atoms with E-state index in [1.54, 1.807) is 0 Å². The van der Waals surface area contributed by atoms with Crippen LogP contribution in [0.2, 0.25) is 0 Å². The minimum Gasteiger partial charge on any atom is -0.481 e. The Morgan fingerprint density at radius 2 is 2.29 bits per heavy atom. The average Bonchev–Trinajstić information content (AvgIpc) is 2.67. The molecule has 1 aromatic heterocycles. The van der Waals surface area contributed by atoms with E-state index in [0.717, 1.165) is 22.8 Å². The van der Waals surface area contributed by atoms with E-state index in [4.69, 9.17) is 5.11 Å². The molecule has 3 nitrogen and oxygen atoms in total. The van der Waals surface area contributed by atoms with Crippen molar-refractivity contribution in [3.63, 3.8) is 0 Å². The fraction of sp³-hybridized carbons (Fsp3) is 0.308. The molecule has 0 saturated carbocycles. The first-order valence-electron chi connectivity index (χ1n) is 5.66. The molecule has 0 bridgehead atoms. The molecule has 0 fully saturated rings. The van der Waals surface area contributed by atoms with Gasteiger partial charge in [0.2, 0.25) is 0 Å². The van der Waals surface area contributed by atoms with Gasteiger partial charge in [0.05, 0.1) is 11.4 Å². The van der Waals surface area contributed by atoms with Crippen molar-refractivity contribution in [2.75, 3.05) is 0 Å². The lowest BCUT2D eigenvalue weighted by Gasteiger charge is -2.22. The van der Waals surface area contributed by atoms with Crippen LogP contribution in [-0.4, -0.2) is 15.6 Å². The fourth-order valence-corrected chi connectivity index (χ4v) is 3.18. The first-order valence-corrected chi connectivity index (χ1v) is 6.45. The highest BCUT2D eigenvalue weighted by molar-refractivity contribution is 9.10. The normalized spacial score (nSPS) is 19.2. The zero-order valence-corrected chi connectivity index (χ0v) is 10.8. The number of halogens is 1. The molecular weight excluding hydrogens is 282 g/mol. The molecule has 1 aromatic carbocycles. The van der Waals surface area contributed by atoms with Crippen LogP contribution in [0.3, 0.4) is 0 Å². The zero-order valence-electron chi connectivity index (χ0n) is 9.19. The van der Waals surface area contributed by atoms with Crippen molar-refractivity contribution in [1.29, 1.82) is 0 Å². The van der Waals surface area contributed by atoms with Gasteiger partial charge in [-0.05, 0) is 40.9 Å². The van der Waals surface area contributed by atoms with Gasteiger partial charge in [-0.15, -0.1) is 0 Å². The lowest BCUT2D eigenvalue weighted by molar-refractivity contribution is -0.142. The van der Waals surface area contributed by atoms with Gasteiger partial charge in [0.25, 0.3) is 0 Å². The third-order valence-electron chi connectivity index (χ3n) is 3.46.